The highest BCUT2D eigenvalue weighted by Gasteiger charge is 2.17. The van der Waals surface area contributed by atoms with E-state index in [1.165, 1.54) is 0 Å². The van der Waals surface area contributed by atoms with Crippen LogP contribution in [0.5, 0.6) is 0 Å². The standard InChI is InChI=1S/C12H14N4O2/c1-5(2)9-14-7-11(17-9)16-12-8(13-7)15-10(18-12)6(3)4/h5-6H,1-4H3. The van der Waals surface area contributed by atoms with Crippen LogP contribution in [0.15, 0.2) is 8.83 Å². The van der Waals surface area contributed by atoms with Crippen molar-refractivity contribution < 1.29 is 8.83 Å². The van der Waals surface area contributed by atoms with Crippen molar-refractivity contribution in [3.8, 4) is 0 Å². The minimum absolute atomic E-state index is 0.200. The lowest BCUT2D eigenvalue weighted by molar-refractivity contribution is 0.482. The van der Waals surface area contributed by atoms with Crippen LogP contribution in [-0.2, 0) is 0 Å². The number of nitrogens with zero attached hydrogens (tertiary/aromatic N) is 4. The molecular formula is C12H14N4O2. The van der Waals surface area contributed by atoms with E-state index < -0.39 is 0 Å². The van der Waals surface area contributed by atoms with Gasteiger partial charge in [-0.15, -0.1) is 0 Å². The summed E-state index contributed by atoms with van der Waals surface area (Å²) in [4.78, 5) is 17.2. The number of rotatable bonds is 2. The SMILES string of the molecule is CC(C)c1nc2nc3nc(C(C)C)oc3nc2o1. The molecule has 0 radical (unpaired) electrons. The van der Waals surface area contributed by atoms with Crippen LogP contribution in [0, 0.1) is 0 Å². The van der Waals surface area contributed by atoms with Gasteiger partial charge in [-0.25, -0.2) is 0 Å². The molecule has 0 unspecified atom stereocenters. The Bertz CT molecular complexity index is 603. The van der Waals surface area contributed by atoms with Crippen LogP contribution in [0.3, 0.4) is 0 Å². The van der Waals surface area contributed by atoms with Crippen molar-refractivity contribution in [1.29, 1.82) is 0 Å². The van der Waals surface area contributed by atoms with Gasteiger partial charge in [0.25, 0.3) is 11.4 Å². The Labute approximate surface area is 103 Å². The van der Waals surface area contributed by atoms with Crippen molar-refractivity contribution in [2.45, 2.75) is 39.5 Å². The van der Waals surface area contributed by atoms with Gasteiger partial charge >= 0.3 is 0 Å². The van der Waals surface area contributed by atoms with E-state index in [1.807, 2.05) is 27.7 Å². The van der Waals surface area contributed by atoms with Crippen molar-refractivity contribution in [2.75, 3.05) is 0 Å². The van der Waals surface area contributed by atoms with E-state index in [0.717, 1.165) is 0 Å². The molecule has 0 bridgehead atoms. The second-order valence-corrected chi connectivity index (χ2v) is 4.89. The van der Waals surface area contributed by atoms with Gasteiger partial charge in [-0.1, -0.05) is 27.7 Å². The number of hydrogen-bond donors (Lipinski definition) is 0. The molecule has 94 valence electrons. The maximum atomic E-state index is 5.53. The normalized spacial score (nSPS) is 12.3. The quantitative estimate of drug-likeness (QED) is 0.691. The topological polar surface area (TPSA) is 77.8 Å². The predicted octanol–water partition coefficient (Wildman–Crippen LogP) is 3.01. The van der Waals surface area contributed by atoms with E-state index in [1.54, 1.807) is 0 Å². The molecule has 0 saturated carbocycles. The van der Waals surface area contributed by atoms with Gasteiger partial charge in [0.05, 0.1) is 0 Å². The molecule has 6 heteroatoms. The molecule has 0 saturated heterocycles. The monoisotopic (exact) mass is 246 g/mol. The second kappa shape index (κ2) is 3.76. The highest BCUT2D eigenvalue weighted by molar-refractivity contribution is 5.75. The zero-order valence-corrected chi connectivity index (χ0v) is 10.8. The largest absolute Gasteiger partial charge is 0.420 e. The molecule has 0 aliphatic carbocycles. The summed E-state index contributed by atoms with van der Waals surface area (Å²) in [6.45, 7) is 8.02. The van der Waals surface area contributed by atoms with Gasteiger partial charge in [0, 0.05) is 11.8 Å². The van der Waals surface area contributed by atoms with Gasteiger partial charge in [0.15, 0.2) is 0 Å². The van der Waals surface area contributed by atoms with E-state index in [2.05, 4.69) is 19.9 Å². The van der Waals surface area contributed by atoms with Crippen molar-refractivity contribution in [1.82, 2.24) is 19.9 Å². The Balaban J connectivity index is 2.21. The summed E-state index contributed by atoms with van der Waals surface area (Å²) in [6, 6.07) is 0. The molecule has 0 N–H and O–H groups in total. The molecule has 0 amide bonds. The number of hydrogen-bond acceptors (Lipinski definition) is 6. The average molecular weight is 246 g/mol. The van der Waals surface area contributed by atoms with E-state index in [0.29, 0.717) is 34.5 Å². The van der Waals surface area contributed by atoms with Crippen LogP contribution in [-0.4, -0.2) is 19.9 Å². The molecule has 0 atom stereocenters. The summed E-state index contributed by atoms with van der Waals surface area (Å²) < 4.78 is 11.1. The van der Waals surface area contributed by atoms with Gasteiger partial charge in [-0.2, -0.15) is 19.9 Å². The van der Waals surface area contributed by atoms with Crippen LogP contribution in [0.1, 0.15) is 51.3 Å². The van der Waals surface area contributed by atoms with Gasteiger partial charge in [0.1, 0.15) is 0 Å². The first-order valence-electron chi connectivity index (χ1n) is 5.99. The number of fused-ring (bicyclic) bond motifs is 2. The lowest BCUT2D eigenvalue weighted by Crippen LogP contribution is -1.87. The molecule has 18 heavy (non-hydrogen) atoms. The van der Waals surface area contributed by atoms with Crippen LogP contribution >= 0.6 is 0 Å². The van der Waals surface area contributed by atoms with E-state index in [-0.39, 0.29) is 11.8 Å². The molecule has 0 aliphatic heterocycles. The predicted molar refractivity (Wildman–Crippen MR) is 65.3 cm³/mol. The van der Waals surface area contributed by atoms with Gasteiger partial charge in [-0.3, -0.25) is 0 Å². The zero-order valence-electron chi connectivity index (χ0n) is 10.8. The second-order valence-electron chi connectivity index (χ2n) is 4.89. The summed E-state index contributed by atoms with van der Waals surface area (Å²) in [6.07, 6.45) is 0. The van der Waals surface area contributed by atoms with E-state index in [4.69, 9.17) is 8.83 Å². The fourth-order valence-electron chi connectivity index (χ4n) is 1.62. The Kier molecular flexibility index (Phi) is 2.33. The molecule has 3 heterocycles. The molecule has 3 rings (SSSR count). The van der Waals surface area contributed by atoms with Crippen LogP contribution in [0.25, 0.3) is 22.7 Å². The third-order valence-electron chi connectivity index (χ3n) is 2.62. The first-order valence-corrected chi connectivity index (χ1v) is 5.99. The highest BCUT2D eigenvalue weighted by Crippen LogP contribution is 2.23. The molecular weight excluding hydrogens is 232 g/mol. The van der Waals surface area contributed by atoms with Gasteiger partial charge in [-0.05, 0) is 0 Å². The number of aromatic nitrogens is 4. The summed E-state index contributed by atoms with van der Waals surface area (Å²) in [5, 5.41) is 0. The maximum Gasteiger partial charge on any atom is 0.270 e. The Hall–Kier alpha value is -1.98. The third kappa shape index (κ3) is 1.64. The lowest BCUT2D eigenvalue weighted by Gasteiger charge is -1.93. The fraction of sp³-hybridized carbons (Fsp3) is 0.500. The van der Waals surface area contributed by atoms with Crippen LogP contribution in [0.4, 0.5) is 0 Å². The lowest BCUT2D eigenvalue weighted by atomic mass is 10.2. The van der Waals surface area contributed by atoms with Crippen molar-refractivity contribution in [3.63, 3.8) is 0 Å². The van der Waals surface area contributed by atoms with E-state index >= 15 is 0 Å². The molecule has 0 fully saturated rings. The third-order valence-corrected chi connectivity index (χ3v) is 2.62. The van der Waals surface area contributed by atoms with E-state index in [9.17, 15) is 0 Å². The minimum atomic E-state index is 0.200. The smallest absolute Gasteiger partial charge is 0.270 e. The average Bonchev–Trinajstić information content (AvgIpc) is 2.87. The molecule has 6 nitrogen and oxygen atoms in total. The number of oxazole rings is 2. The van der Waals surface area contributed by atoms with Gasteiger partial charge in [0.2, 0.25) is 23.1 Å². The van der Waals surface area contributed by atoms with Crippen LogP contribution in [0.2, 0.25) is 0 Å². The summed E-state index contributed by atoms with van der Waals surface area (Å²) in [5.74, 6) is 1.65. The van der Waals surface area contributed by atoms with Crippen molar-refractivity contribution in [2.24, 2.45) is 0 Å². The Morgan fingerprint density at radius 3 is 1.50 bits per heavy atom. The fourth-order valence-corrected chi connectivity index (χ4v) is 1.62. The van der Waals surface area contributed by atoms with Crippen LogP contribution < -0.4 is 0 Å². The molecule has 0 aliphatic rings. The summed E-state index contributed by atoms with van der Waals surface area (Å²) in [7, 11) is 0. The Morgan fingerprint density at radius 1 is 0.667 bits per heavy atom. The first kappa shape index (κ1) is 11.1. The Morgan fingerprint density at radius 2 is 1.11 bits per heavy atom. The zero-order chi connectivity index (χ0) is 12.9. The first-order chi connectivity index (χ1) is 8.54. The molecule has 3 aromatic rings. The van der Waals surface area contributed by atoms with Crippen molar-refractivity contribution >= 4 is 22.7 Å². The summed E-state index contributed by atoms with van der Waals surface area (Å²) >= 11 is 0. The minimum Gasteiger partial charge on any atom is -0.420 e. The highest BCUT2D eigenvalue weighted by atomic mass is 16.4. The summed E-state index contributed by atoms with van der Waals surface area (Å²) in [5.41, 5.74) is 1.76. The van der Waals surface area contributed by atoms with Gasteiger partial charge < -0.3 is 8.83 Å². The molecule has 0 spiro atoms. The van der Waals surface area contributed by atoms with Crippen molar-refractivity contribution in [3.05, 3.63) is 11.8 Å². The maximum absolute atomic E-state index is 5.53. The molecule has 0 aromatic carbocycles. The molecule has 3 aromatic heterocycles.